The quantitative estimate of drug-likeness (QED) is 0.789. The molecule has 5 heteroatoms. The lowest BCUT2D eigenvalue weighted by molar-refractivity contribution is -0.120. The van der Waals surface area contributed by atoms with Crippen LogP contribution >= 0.6 is 0 Å². The van der Waals surface area contributed by atoms with Crippen LogP contribution in [0.5, 0.6) is 0 Å². The molecule has 5 nitrogen and oxygen atoms in total. The second kappa shape index (κ2) is 8.34. The van der Waals surface area contributed by atoms with E-state index in [-0.39, 0.29) is 11.8 Å². The summed E-state index contributed by atoms with van der Waals surface area (Å²) in [7, 11) is 0. The van der Waals surface area contributed by atoms with Gasteiger partial charge in [0.2, 0.25) is 11.8 Å². The van der Waals surface area contributed by atoms with Gasteiger partial charge in [-0.3, -0.25) is 9.59 Å². The topological polar surface area (TPSA) is 67.4 Å². The minimum Gasteiger partial charge on any atom is -0.381 e. The third-order valence-electron chi connectivity index (χ3n) is 3.61. The molecule has 1 heterocycles. The summed E-state index contributed by atoms with van der Waals surface area (Å²) >= 11 is 0. The Morgan fingerprint density at radius 1 is 1.32 bits per heavy atom. The molecule has 0 saturated carbocycles. The fourth-order valence-corrected chi connectivity index (χ4v) is 2.37. The summed E-state index contributed by atoms with van der Waals surface area (Å²) in [6.45, 7) is 5.64. The maximum atomic E-state index is 11.9. The van der Waals surface area contributed by atoms with Gasteiger partial charge in [0, 0.05) is 18.8 Å². The Morgan fingerprint density at radius 2 is 2.09 bits per heavy atom. The van der Waals surface area contributed by atoms with Crippen molar-refractivity contribution in [3.63, 3.8) is 0 Å². The molecule has 0 aliphatic carbocycles. The number of carbonyl (C=O) groups excluding carboxylic acids is 2. The number of ether oxygens (including phenoxy) is 1. The number of hydrogen-bond acceptors (Lipinski definition) is 3. The molecule has 1 fully saturated rings. The normalized spacial score (nSPS) is 17.5. The van der Waals surface area contributed by atoms with Gasteiger partial charge in [0.1, 0.15) is 0 Å². The van der Waals surface area contributed by atoms with Gasteiger partial charge < -0.3 is 15.4 Å². The zero-order valence-corrected chi connectivity index (χ0v) is 12.6. The zero-order chi connectivity index (χ0) is 15.8. The zero-order valence-electron chi connectivity index (χ0n) is 12.6. The van der Waals surface area contributed by atoms with E-state index < -0.39 is 0 Å². The van der Waals surface area contributed by atoms with Gasteiger partial charge >= 0.3 is 0 Å². The van der Waals surface area contributed by atoms with Crippen LogP contribution in [0.4, 0.5) is 5.69 Å². The Balaban J connectivity index is 1.76. The molecule has 2 rings (SSSR count). The van der Waals surface area contributed by atoms with Crippen molar-refractivity contribution < 1.29 is 14.3 Å². The fourth-order valence-electron chi connectivity index (χ4n) is 2.37. The first-order valence-corrected chi connectivity index (χ1v) is 7.54. The van der Waals surface area contributed by atoms with Crippen LogP contribution in [-0.4, -0.2) is 31.6 Å². The van der Waals surface area contributed by atoms with E-state index in [1.54, 1.807) is 12.1 Å². The molecule has 1 saturated heterocycles. The van der Waals surface area contributed by atoms with Gasteiger partial charge in [-0.15, -0.1) is 0 Å². The Kier molecular flexibility index (Phi) is 6.15. The highest BCUT2D eigenvalue weighted by Crippen LogP contribution is 2.13. The van der Waals surface area contributed by atoms with E-state index >= 15 is 0 Å². The van der Waals surface area contributed by atoms with Crippen molar-refractivity contribution in [2.75, 3.05) is 25.1 Å². The lowest BCUT2D eigenvalue weighted by Gasteiger charge is -2.22. The maximum Gasteiger partial charge on any atom is 0.247 e. The van der Waals surface area contributed by atoms with Crippen LogP contribution in [0.1, 0.15) is 18.4 Å². The number of anilines is 1. The van der Waals surface area contributed by atoms with Crippen molar-refractivity contribution in [3.05, 3.63) is 42.5 Å². The molecule has 118 valence electrons. The highest BCUT2D eigenvalue weighted by molar-refractivity contribution is 5.98. The van der Waals surface area contributed by atoms with Crippen molar-refractivity contribution in [1.29, 1.82) is 0 Å². The van der Waals surface area contributed by atoms with Crippen molar-refractivity contribution in [2.45, 2.75) is 19.3 Å². The van der Waals surface area contributed by atoms with E-state index in [0.717, 1.165) is 31.6 Å². The van der Waals surface area contributed by atoms with Crippen LogP contribution in [0.3, 0.4) is 0 Å². The summed E-state index contributed by atoms with van der Waals surface area (Å²) in [5, 5.41) is 5.62. The summed E-state index contributed by atoms with van der Waals surface area (Å²) in [5.74, 6) is 0.183. The lowest BCUT2D eigenvalue weighted by Crippen LogP contribution is -2.34. The summed E-state index contributed by atoms with van der Waals surface area (Å²) in [4.78, 5) is 23.1. The molecule has 2 amide bonds. The van der Waals surface area contributed by atoms with Crippen LogP contribution in [0, 0.1) is 5.92 Å². The molecule has 0 aromatic heterocycles. The fraction of sp³-hybridized carbons (Fsp3) is 0.412. The van der Waals surface area contributed by atoms with Gasteiger partial charge in [0.05, 0.1) is 13.0 Å². The summed E-state index contributed by atoms with van der Waals surface area (Å²) in [5.41, 5.74) is 1.60. The minimum absolute atomic E-state index is 0.00782. The second-order valence-corrected chi connectivity index (χ2v) is 5.45. The van der Waals surface area contributed by atoms with E-state index in [4.69, 9.17) is 4.74 Å². The van der Waals surface area contributed by atoms with Gasteiger partial charge in [-0.25, -0.2) is 0 Å². The number of benzene rings is 1. The van der Waals surface area contributed by atoms with E-state index in [1.165, 1.54) is 6.08 Å². The third-order valence-corrected chi connectivity index (χ3v) is 3.61. The third kappa shape index (κ3) is 5.33. The predicted molar refractivity (Wildman–Crippen MR) is 85.5 cm³/mol. The number of amides is 2. The molecule has 1 aliphatic rings. The molecule has 1 aromatic carbocycles. The Morgan fingerprint density at radius 3 is 2.73 bits per heavy atom. The lowest BCUT2D eigenvalue weighted by atomic mass is 10.0. The van der Waals surface area contributed by atoms with Crippen molar-refractivity contribution >= 4 is 17.5 Å². The first-order chi connectivity index (χ1) is 10.7. The molecule has 0 bridgehead atoms. The van der Waals surface area contributed by atoms with Crippen molar-refractivity contribution in [2.24, 2.45) is 5.92 Å². The van der Waals surface area contributed by atoms with Crippen LogP contribution in [0.15, 0.2) is 36.9 Å². The molecule has 1 aliphatic heterocycles. The molecule has 22 heavy (non-hydrogen) atoms. The summed E-state index contributed by atoms with van der Waals surface area (Å²) in [6, 6.07) is 7.22. The maximum absolute atomic E-state index is 11.9. The average Bonchev–Trinajstić information content (AvgIpc) is 2.55. The molecule has 2 N–H and O–H groups in total. The first-order valence-electron chi connectivity index (χ1n) is 7.54. The van der Waals surface area contributed by atoms with Gasteiger partial charge in [-0.2, -0.15) is 0 Å². The van der Waals surface area contributed by atoms with Crippen LogP contribution < -0.4 is 10.6 Å². The van der Waals surface area contributed by atoms with Crippen LogP contribution in [0.25, 0.3) is 0 Å². The van der Waals surface area contributed by atoms with Gasteiger partial charge in [0.25, 0.3) is 0 Å². The molecule has 1 atom stereocenters. The molecular formula is C17H22N2O3. The van der Waals surface area contributed by atoms with Crippen LogP contribution in [-0.2, 0) is 20.7 Å². The Labute approximate surface area is 130 Å². The molecule has 1 aromatic rings. The Hall–Kier alpha value is -2.14. The van der Waals surface area contributed by atoms with Crippen LogP contribution in [0.2, 0.25) is 0 Å². The number of carbonyl (C=O) groups is 2. The minimum atomic E-state index is -0.250. The van der Waals surface area contributed by atoms with E-state index in [1.807, 2.05) is 12.1 Å². The monoisotopic (exact) mass is 302 g/mol. The predicted octanol–water partition coefficient (Wildman–Crippen LogP) is 1.90. The number of hydrogen-bond donors (Lipinski definition) is 2. The second-order valence-electron chi connectivity index (χ2n) is 5.45. The van der Waals surface area contributed by atoms with Gasteiger partial charge in [0.15, 0.2) is 0 Å². The first kappa shape index (κ1) is 16.2. The smallest absolute Gasteiger partial charge is 0.247 e. The van der Waals surface area contributed by atoms with Crippen molar-refractivity contribution in [3.8, 4) is 0 Å². The summed E-state index contributed by atoms with van der Waals surface area (Å²) < 4.78 is 5.39. The molecule has 0 radical (unpaired) electrons. The highest BCUT2D eigenvalue weighted by atomic mass is 16.5. The Bertz CT molecular complexity index is 519. The highest BCUT2D eigenvalue weighted by Gasteiger charge is 2.14. The molecule has 0 spiro atoms. The largest absolute Gasteiger partial charge is 0.381 e. The van der Waals surface area contributed by atoms with E-state index in [9.17, 15) is 9.59 Å². The van der Waals surface area contributed by atoms with Gasteiger partial charge in [-0.05, 0) is 42.5 Å². The van der Waals surface area contributed by atoms with E-state index in [0.29, 0.717) is 24.6 Å². The standard InChI is InChI=1S/C17H22N2O3/c1-2-16(20)19-15-7-5-13(6-8-15)10-17(21)18-11-14-4-3-9-22-12-14/h2,5-8,14H,1,3-4,9-12H2,(H,18,21)(H,19,20). The molecule has 1 unspecified atom stereocenters. The molecular weight excluding hydrogens is 280 g/mol. The summed E-state index contributed by atoms with van der Waals surface area (Å²) in [6.07, 6.45) is 3.73. The SMILES string of the molecule is C=CC(=O)Nc1ccc(CC(=O)NCC2CCCOC2)cc1. The number of rotatable bonds is 6. The van der Waals surface area contributed by atoms with Gasteiger partial charge in [-0.1, -0.05) is 18.7 Å². The van der Waals surface area contributed by atoms with Crippen molar-refractivity contribution in [1.82, 2.24) is 5.32 Å². The number of nitrogens with one attached hydrogen (secondary N) is 2. The average molecular weight is 302 g/mol. The van der Waals surface area contributed by atoms with E-state index in [2.05, 4.69) is 17.2 Å².